The summed E-state index contributed by atoms with van der Waals surface area (Å²) in [5.41, 5.74) is 0. The molecule has 0 aliphatic carbocycles. The lowest BCUT2D eigenvalue weighted by Gasteiger charge is -2.13. The van der Waals surface area contributed by atoms with Gasteiger partial charge in [-0.1, -0.05) is 6.07 Å². The molecule has 0 spiro atoms. The molecule has 98 valence electrons. The lowest BCUT2D eigenvalue weighted by atomic mass is 10.3. The number of hydrogen-bond donors (Lipinski definition) is 0. The van der Waals surface area contributed by atoms with Gasteiger partial charge in [0.1, 0.15) is 0 Å². The smallest absolute Gasteiger partial charge is 0.246 e. The predicted octanol–water partition coefficient (Wildman–Crippen LogP) is 1.83. The van der Waals surface area contributed by atoms with Crippen molar-refractivity contribution in [3.05, 3.63) is 40.9 Å². The highest BCUT2D eigenvalue weighted by atomic mass is 32.1. The normalized spacial score (nSPS) is 19.4. The zero-order valence-electron chi connectivity index (χ0n) is 10.3. The molecule has 2 aromatic heterocycles. The van der Waals surface area contributed by atoms with Crippen molar-refractivity contribution in [3.8, 4) is 0 Å². The Kier molecular flexibility index (Phi) is 3.41. The molecule has 6 heteroatoms. The second-order valence-corrected chi connectivity index (χ2v) is 5.40. The Morgan fingerprint density at radius 2 is 2.26 bits per heavy atom. The first kappa shape index (κ1) is 12.1. The summed E-state index contributed by atoms with van der Waals surface area (Å²) in [5.74, 6) is 0.0584. The Morgan fingerprint density at radius 1 is 1.42 bits per heavy atom. The summed E-state index contributed by atoms with van der Waals surface area (Å²) in [6, 6.07) is 4.17. The Balaban J connectivity index is 1.60. The maximum absolute atomic E-state index is 12.0. The Labute approximate surface area is 115 Å². The zero-order chi connectivity index (χ0) is 13.1. The molecule has 0 N–H and O–H groups in total. The second kappa shape index (κ2) is 5.36. The van der Waals surface area contributed by atoms with Gasteiger partial charge in [0.25, 0.3) is 0 Å². The van der Waals surface area contributed by atoms with E-state index in [1.807, 2.05) is 28.5 Å². The van der Waals surface area contributed by atoms with E-state index in [0.29, 0.717) is 6.54 Å². The van der Waals surface area contributed by atoms with Gasteiger partial charge in [-0.25, -0.2) is 0 Å². The van der Waals surface area contributed by atoms with Crippen molar-refractivity contribution in [3.63, 3.8) is 0 Å². The number of hydrogen-bond acceptors (Lipinski definition) is 4. The molecule has 19 heavy (non-hydrogen) atoms. The molecule has 0 radical (unpaired) electrons. The third-order valence-corrected chi connectivity index (χ3v) is 4.01. The summed E-state index contributed by atoms with van der Waals surface area (Å²) in [6.45, 7) is 1.45. The number of carbonyl (C=O) groups excluding carboxylic acids is 1. The molecule has 0 bridgehead atoms. The van der Waals surface area contributed by atoms with E-state index < -0.39 is 0 Å². The van der Waals surface area contributed by atoms with Gasteiger partial charge in [-0.15, -0.1) is 11.3 Å². The number of aromatic nitrogens is 3. The lowest BCUT2D eigenvalue weighted by Crippen LogP contribution is -2.27. The fourth-order valence-corrected chi connectivity index (χ4v) is 2.81. The maximum atomic E-state index is 12.0. The molecule has 1 atom stereocenters. The van der Waals surface area contributed by atoms with Gasteiger partial charge in [-0.05, 0) is 23.9 Å². The summed E-state index contributed by atoms with van der Waals surface area (Å²) in [6.07, 6.45) is 7.76. The largest absolute Gasteiger partial charge is 0.337 e. The minimum absolute atomic E-state index is 0.0584. The first-order valence-corrected chi connectivity index (χ1v) is 7.07. The number of thiophene rings is 1. The van der Waals surface area contributed by atoms with Crippen molar-refractivity contribution < 1.29 is 4.79 Å². The molecule has 0 aromatic carbocycles. The van der Waals surface area contributed by atoms with Crippen LogP contribution >= 0.6 is 11.3 Å². The SMILES string of the molecule is O=C(/C=C/c1cccs1)N1CCC(n2nccn2)C1. The molecule has 1 aliphatic heterocycles. The minimum Gasteiger partial charge on any atom is -0.337 e. The molecule has 3 heterocycles. The van der Waals surface area contributed by atoms with Crippen molar-refractivity contribution in [1.82, 2.24) is 19.9 Å². The molecule has 1 unspecified atom stereocenters. The van der Waals surface area contributed by atoms with Gasteiger partial charge in [-0.3, -0.25) is 4.79 Å². The number of amides is 1. The van der Waals surface area contributed by atoms with Crippen LogP contribution in [0.15, 0.2) is 36.0 Å². The van der Waals surface area contributed by atoms with Crippen molar-refractivity contribution in [2.24, 2.45) is 0 Å². The molecular formula is C13H14N4OS. The number of carbonyl (C=O) groups is 1. The van der Waals surface area contributed by atoms with Gasteiger partial charge in [0, 0.05) is 24.0 Å². The van der Waals surface area contributed by atoms with Gasteiger partial charge in [0.05, 0.1) is 18.4 Å². The van der Waals surface area contributed by atoms with E-state index in [4.69, 9.17) is 0 Å². The van der Waals surface area contributed by atoms with Crippen LogP contribution in [0.3, 0.4) is 0 Å². The first-order chi connectivity index (χ1) is 9.33. The second-order valence-electron chi connectivity index (χ2n) is 4.42. The van der Waals surface area contributed by atoms with E-state index in [1.165, 1.54) is 0 Å². The van der Waals surface area contributed by atoms with Crippen LogP contribution in [0.4, 0.5) is 0 Å². The zero-order valence-corrected chi connectivity index (χ0v) is 11.2. The van der Waals surface area contributed by atoms with Crippen LogP contribution in [0.2, 0.25) is 0 Å². The molecule has 2 aromatic rings. The van der Waals surface area contributed by atoms with Crippen LogP contribution in [0.1, 0.15) is 17.3 Å². The van der Waals surface area contributed by atoms with E-state index in [-0.39, 0.29) is 11.9 Å². The van der Waals surface area contributed by atoms with Crippen LogP contribution in [0.5, 0.6) is 0 Å². The van der Waals surface area contributed by atoms with Crippen LogP contribution in [-0.4, -0.2) is 38.9 Å². The summed E-state index contributed by atoms with van der Waals surface area (Å²) < 4.78 is 0. The average molecular weight is 274 g/mol. The summed E-state index contributed by atoms with van der Waals surface area (Å²) in [4.78, 5) is 16.7. The number of rotatable bonds is 3. The third-order valence-electron chi connectivity index (χ3n) is 3.17. The molecule has 1 fully saturated rings. The summed E-state index contributed by atoms with van der Waals surface area (Å²) >= 11 is 1.62. The summed E-state index contributed by atoms with van der Waals surface area (Å²) in [7, 11) is 0. The van der Waals surface area contributed by atoms with Gasteiger partial charge in [0.15, 0.2) is 0 Å². The quantitative estimate of drug-likeness (QED) is 0.802. The number of likely N-dealkylation sites (tertiary alicyclic amines) is 1. The number of nitrogens with zero attached hydrogens (tertiary/aromatic N) is 4. The third kappa shape index (κ3) is 2.73. The van der Waals surface area contributed by atoms with Crippen LogP contribution in [0.25, 0.3) is 6.08 Å². The van der Waals surface area contributed by atoms with E-state index in [0.717, 1.165) is 17.8 Å². The van der Waals surface area contributed by atoms with Crippen LogP contribution in [-0.2, 0) is 4.79 Å². The Bertz CT molecular complexity index is 561. The molecule has 1 aliphatic rings. The molecule has 1 saturated heterocycles. The highest BCUT2D eigenvalue weighted by molar-refractivity contribution is 7.10. The van der Waals surface area contributed by atoms with Gasteiger partial charge in [-0.2, -0.15) is 15.0 Å². The van der Waals surface area contributed by atoms with E-state index >= 15 is 0 Å². The molecule has 3 rings (SSSR count). The monoisotopic (exact) mass is 274 g/mol. The van der Waals surface area contributed by atoms with E-state index in [1.54, 1.807) is 34.6 Å². The van der Waals surface area contributed by atoms with Gasteiger partial charge >= 0.3 is 0 Å². The predicted molar refractivity (Wildman–Crippen MR) is 73.6 cm³/mol. The van der Waals surface area contributed by atoms with Crippen molar-refractivity contribution >= 4 is 23.3 Å². The van der Waals surface area contributed by atoms with Crippen molar-refractivity contribution in [1.29, 1.82) is 0 Å². The Morgan fingerprint density at radius 3 is 3.00 bits per heavy atom. The highest BCUT2D eigenvalue weighted by Gasteiger charge is 2.27. The Hall–Kier alpha value is -1.95. The van der Waals surface area contributed by atoms with Crippen LogP contribution < -0.4 is 0 Å². The van der Waals surface area contributed by atoms with Crippen molar-refractivity contribution in [2.75, 3.05) is 13.1 Å². The molecule has 1 amide bonds. The summed E-state index contributed by atoms with van der Waals surface area (Å²) in [5, 5.41) is 10.3. The first-order valence-electron chi connectivity index (χ1n) is 6.19. The minimum atomic E-state index is 0.0584. The van der Waals surface area contributed by atoms with Gasteiger partial charge < -0.3 is 4.90 Å². The maximum Gasteiger partial charge on any atom is 0.246 e. The van der Waals surface area contributed by atoms with Crippen LogP contribution in [0, 0.1) is 0 Å². The lowest BCUT2D eigenvalue weighted by molar-refractivity contribution is -0.125. The topological polar surface area (TPSA) is 51.0 Å². The molecule has 0 saturated carbocycles. The fraction of sp³-hybridized carbons (Fsp3) is 0.308. The van der Waals surface area contributed by atoms with Gasteiger partial charge in [0.2, 0.25) is 5.91 Å². The van der Waals surface area contributed by atoms with E-state index in [9.17, 15) is 4.79 Å². The molecule has 5 nitrogen and oxygen atoms in total. The average Bonchev–Trinajstić information content (AvgIpc) is 3.14. The standard InChI is InChI=1S/C13H14N4OS/c18-13(4-3-12-2-1-9-19-12)16-8-5-11(10-16)17-14-6-7-15-17/h1-4,6-7,9,11H,5,8,10H2/b4-3+. The highest BCUT2D eigenvalue weighted by Crippen LogP contribution is 2.20. The fourth-order valence-electron chi connectivity index (χ4n) is 2.19. The van der Waals surface area contributed by atoms with E-state index in [2.05, 4.69) is 10.2 Å². The van der Waals surface area contributed by atoms with Crippen molar-refractivity contribution in [2.45, 2.75) is 12.5 Å². The molecular weight excluding hydrogens is 260 g/mol.